The predicted octanol–water partition coefficient (Wildman–Crippen LogP) is 5.57. The molecule has 168 valence electrons. The molecule has 3 rings (SSSR count). The van der Waals surface area contributed by atoms with E-state index in [1.54, 1.807) is 0 Å². The van der Waals surface area contributed by atoms with Crippen molar-refractivity contribution in [2.75, 3.05) is 0 Å². The standard InChI is InChI=1S/C26H40O4/c1-7-26(5,6)25(28)30-23-13-16(2)12-19-9-8-17(3)22(24(19)23)11-10-21-15-20(27)14-18(4)29-21/h8-9,12,16-17,20-24,27H,4,7,10-11,13-15H2,1-3,5-6H3. The smallest absolute Gasteiger partial charge is 0.311 e. The van der Waals surface area contributed by atoms with E-state index >= 15 is 0 Å². The maximum atomic E-state index is 12.9. The zero-order chi connectivity index (χ0) is 22.1. The second kappa shape index (κ2) is 9.30. The molecule has 7 atom stereocenters. The van der Waals surface area contributed by atoms with Crippen LogP contribution in [0.5, 0.6) is 0 Å². The topological polar surface area (TPSA) is 55.8 Å². The van der Waals surface area contributed by atoms with Crippen molar-refractivity contribution in [3.63, 3.8) is 0 Å². The van der Waals surface area contributed by atoms with E-state index in [0.29, 0.717) is 36.4 Å². The monoisotopic (exact) mass is 416 g/mol. The molecule has 4 nitrogen and oxygen atoms in total. The number of allylic oxidation sites excluding steroid dienone is 3. The molecule has 1 aliphatic heterocycles. The summed E-state index contributed by atoms with van der Waals surface area (Å²) in [5.41, 5.74) is 0.862. The summed E-state index contributed by atoms with van der Waals surface area (Å²) in [6.45, 7) is 14.4. The molecule has 0 aromatic carbocycles. The minimum atomic E-state index is -0.456. The molecule has 0 aromatic rings. The lowest BCUT2D eigenvalue weighted by molar-refractivity contribution is -0.164. The van der Waals surface area contributed by atoms with Gasteiger partial charge in [-0.25, -0.2) is 0 Å². The Morgan fingerprint density at radius 2 is 2.03 bits per heavy atom. The quantitative estimate of drug-likeness (QED) is 0.575. The molecule has 0 aromatic heterocycles. The first-order valence-corrected chi connectivity index (χ1v) is 11.7. The van der Waals surface area contributed by atoms with Gasteiger partial charge in [0, 0.05) is 18.8 Å². The molecule has 1 saturated heterocycles. The van der Waals surface area contributed by atoms with Gasteiger partial charge in [0.15, 0.2) is 0 Å². The third kappa shape index (κ3) is 5.19. The van der Waals surface area contributed by atoms with Gasteiger partial charge in [-0.2, -0.15) is 0 Å². The Hall–Kier alpha value is -1.55. The Morgan fingerprint density at radius 3 is 2.70 bits per heavy atom. The van der Waals surface area contributed by atoms with Crippen LogP contribution in [-0.4, -0.2) is 29.4 Å². The molecule has 1 fully saturated rings. The van der Waals surface area contributed by atoms with Crippen LogP contribution in [0.4, 0.5) is 0 Å². The molecule has 3 aliphatic rings. The summed E-state index contributed by atoms with van der Waals surface area (Å²) in [5, 5.41) is 10.1. The fourth-order valence-electron chi connectivity index (χ4n) is 5.20. The Labute approximate surface area is 182 Å². The number of fused-ring (bicyclic) bond motifs is 1. The van der Waals surface area contributed by atoms with Crippen LogP contribution >= 0.6 is 0 Å². The molecule has 2 aliphatic carbocycles. The van der Waals surface area contributed by atoms with Gasteiger partial charge in [0.25, 0.3) is 0 Å². The lowest BCUT2D eigenvalue weighted by Gasteiger charge is -2.44. The highest BCUT2D eigenvalue weighted by Crippen LogP contribution is 2.45. The minimum Gasteiger partial charge on any atom is -0.495 e. The number of hydrogen-bond donors (Lipinski definition) is 1. The number of carbonyl (C=O) groups is 1. The van der Waals surface area contributed by atoms with E-state index in [1.165, 1.54) is 5.57 Å². The summed E-state index contributed by atoms with van der Waals surface area (Å²) in [4.78, 5) is 12.9. The number of esters is 1. The van der Waals surface area contributed by atoms with Gasteiger partial charge in [0.1, 0.15) is 12.2 Å². The Morgan fingerprint density at radius 1 is 1.30 bits per heavy atom. The van der Waals surface area contributed by atoms with E-state index in [2.05, 4.69) is 38.7 Å². The van der Waals surface area contributed by atoms with Crippen LogP contribution in [-0.2, 0) is 14.3 Å². The first kappa shape index (κ1) is 23.1. The van der Waals surface area contributed by atoms with Crippen molar-refractivity contribution in [1.82, 2.24) is 0 Å². The highest BCUT2D eigenvalue weighted by molar-refractivity contribution is 5.76. The molecule has 4 heteroatoms. The van der Waals surface area contributed by atoms with Crippen molar-refractivity contribution in [3.8, 4) is 0 Å². The summed E-state index contributed by atoms with van der Waals surface area (Å²) in [6, 6.07) is 0. The van der Waals surface area contributed by atoms with Gasteiger partial charge in [0.05, 0.1) is 17.3 Å². The third-order valence-electron chi connectivity index (χ3n) is 7.44. The van der Waals surface area contributed by atoms with Crippen molar-refractivity contribution in [2.45, 2.75) is 91.5 Å². The number of hydrogen-bond acceptors (Lipinski definition) is 4. The normalized spacial score (nSPS) is 36.5. The van der Waals surface area contributed by atoms with E-state index in [1.807, 2.05) is 20.8 Å². The van der Waals surface area contributed by atoms with Gasteiger partial charge in [-0.3, -0.25) is 4.79 Å². The molecule has 7 unspecified atom stereocenters. The fourth-order valence-corrected chi connectivity index (χ4v) is 5.20. The highest BCUT2D eigenvalue weighted by atomic mass is 16.5. The minimum absolute atomic E-state index is 0.0225. The van der Waals surface area contributed by atoms with Gasteiger partial charge in [-0.1, -0.05) is 45.6 Å². The van der Waals surface area contributed by atoms with E-state index in [0.717, 1.165) is 25.7 Å². The number of carbonyl (C=O) groups excluding carboxylic acids is 1. The van der Waals surface area contributed by atoms with Crippen molar-refractivity contribution in [3.05, 3.63) is 36.1 Å². The van der Waals surface area contributed by atoms with Crippen LogP contribution in [0.1, 0.15) is 73.1 Å². The first-order chi connectivity index (χ1) is 14.1. The van der Waals surface area contributed by atoms with Gasteiger partial charge >= 0.3 is 5.97 Å². The van der Waals surface area contributed by atoms with Crippen molar-refractivity contribution in [1.29, 1.82) is 0 Å². The summed E-state index contributed by atoms with van der Waals surface area (Å²) in [6.07, 6.45) is 11.2. The lowest BCUT2D eigenvalue weighted by atomic mass is 9.65. The van der Waals surface area contributed by atoms with E-state index < -0.39 is 5.41 Å². The number of rotatable bonds is 6. The molecular weight excluding hydrogens is 376 g/mol. The van der Waals surface area contributed by atoms with E-state index in [-0.39, 0.29) is 30.2 Å². The van der Waals surface area contributed by atoms with Crippen LogP contribution in [0.15, 0.2) is 36.1 Å². The van der Waals surface area contributed by atoms with Gasteiger partial charge in [0.2, 0.25) is 0 Å². The molecule has 1 N–H and O–H groups in total. The Bertz CT molecular complexity index is 704. The molecule has 1 heterocycles. The maximum Gasteiger partial charge on any atom is 0.311 e. The molecule has 0 amide bonds. The summed E-state index contributed by atoms with van der Waals surface area (Å²) < 4.78 is 12.1. The van der Waals surface area contributed by atoms with E-state index in [9.17, 15) is 9.90 Å². The third-order valence-corrected chi connectivity index (χ3v) is 7.44. The summed E-state index contributed by atoms with van der Waals surface area (Å²) in [5.74, 6) is 2.05. The van der Waals surface area contributed by atoms with Gasteiger partial charge in [-0.15, -0.1) is 0 Å². The van der Waals surface area contributed by atoms with Crippen LogP contribution in [0, 0.1) is 29.1 Å². The van der Waals surface area contributed by atoms with Crippen molar-refractivity contribution >= 4 is 5.97 Å². The zero-order valence-corrected chi connectivity index (χ0v) is 19.4. The lowest BCUT2D eigenvalue weighted by Crippen LogP contribution is -2.43. The van der Waals surface area contributed by atoms with Crippen molar-refractivity contribution in [2.24, 2.45) is 29.1 Å². The molecule has 0 bridgehead atoms. The van der Waals surface area contributed by atoms with Gasteiger partial charge in [-0.05, 0) is 62.9 Å². The second-order valence-corrected chi connectivity index (χ2v) is 10.4. The first-order valence-electron chi connectivity index (χ1n) is 11.7. The zero-order valence-electron chi connectivity index (χ0n) is 19.4. The fraction of sp³-hybridized carbons (Fsp3) is 0.731. The maximum absolute atomic E-state index is 12.9. The van der Waals surface area contributed by atoms with Crippen LogP contribution in [0.25, 0.3) is 0 Å². The predicted molar refractivity (Wildman–Crippen MR) is 120 cm³/mol. The summed E-state index contributed by atoms with van der Waals surface area (Å²) >= 11 is 0. The number of aliphatic hydroxyl groups is 1. The van der Waals surface area contributed by atoms with Crippen LogP contribution in [0.3, 0.4) is 0 Å². The highest BCUT2D eigenvalue weighted by Gasteiger charge is 2.43. The van der Waals surface area contributed by atoms with Crippen molar-refractivity contribution < 1.29 is 19.4 Å². The van der Waals surface area contributed by atoms with E-state index in [4.69, 9.17) is 9.47 Å². The molecule has 0 spiro atoms. The average Bonchev–Trinajstić information content (AvgIpc) is 2.66. The largest absolute Gasteiger partial charge is 0.495 e. The molecular formula is C26H40O4. The second-order valence-electron chi connectivity index (χ2n) is 10.4. The average molecular weight is 417 g/mol. The molecule has 30 heavy (non-hydrogen) atoms. The van der Waals surface area contributed by atoms with Crippen LogP contribution in [0.2, 0.25) is 0 Å². The molecule has 0 radical (unpaired) electrons. The number of aliphatic hydroxyl groups excluding tert-OH is 1. The van der Waals surface area contributed by atoms with Gasteiger partial charge < -0.3 is 14.6 Å². The molecule has 0 saturated carbocycles. The number of ether oxygens (including phenoxy) is 2. The van der Waals surface area contributed by atoms with Crippen LogP contribution < -0.4 is 0 Å². The SMILES string of the molecule is C=C1CC(O)CC(CCC2C(C)C=CC3=CC(C)CC(OC(=O)C(C)(C)CC)C32)O1. The summed E-state index contributed by atoms with van der Waals surface area (Å²) in [7, 11) is 0. The Balaban J connectivity index is 1.76. The Kier molecular flexibility index (Phi) is 7.16.